The molecule has 0 aliphatic rings. The highest BCUT2D eigenvalue weighted by Gasteiger charge is 2.11. The van der Waals surface area contributed by atoms with E-state index in [-0.39, 0.29) is 4.99 Å². The van der Waals surface area contributed by atoms with E-state index in [0.29, 0.717) is 22.9 Å². The van der Waals surface area contributed by atoms with E-state index in [4.69, 9.17) is 34.3 Å². The topological polar surface area (TPSA) is 48.1 Å². The minimum Gasteiger partial charge on any atom is -0.486 e. The van der Waals surface area contributed by atoms with E-state index in [1.165, 1.54) is 0 Å². The number of thiazole rings is 1. The summed E-state index contributed by atoms with van der Waals surface area (Å²) < 4.78 is 5.67. The van der Waals surface area contributed by atoms with Gasteiger partial charge in [-0.25, -0.2) is 4.98 Å². The van der Waals surface area contributed by atoms with Crippen molar-refractivity contribution in [3.8, 4) is 5.75 Å². The number of rotatable bonds is 4. The third-order valence-corrected chi connectivity index (χ3v) is 3.70. The molecule has 0 spiro atoms. The monoisotopic (exact) mass is 298 g/mol. The number of aromatic nitrogens is 1. The van der Waals surface area contributed by atoms with Crippen LogP contribution in [0.2, 0.25) is 5.02 Å². The molecule has 94 valence electrons. The predicted molar refractivity (Wildman–Crippen MR) is 78.5 cm³/mol. The van der Waals surface area contributed by atoms with E-state index < -0.39 is 0 Å². The standard InChI is InChI=1S/C12H11ClN2OS2/c1-7-6-18-10(15-7)5-16-9-4-2-3-8(13)11(9)12(14)17/h2-4,6H,5H2,1H3,(H2,14,17). The quantitative estimate of drug-likeness (QED) is 0.880. The molecule has 0 unspecified atom stereocenters. The maximum absolute atomic E-state index is 6.05. The van der Waals surface area contributed by atoms with Crippen molar-refractivity contribution in [3.63, 3.8) is 0 Å². The van der Waals surface area contributed by atoms with E-state index in [1.807, 2.05) is 12.3 Å². The zero-order valence-corrected chi connectivity index (χ0v) is 12.0. The third-order valence-electron chi connectivity index (χ3n) is 2.24. The summed E-state index contributed by atoms with van der Waals surface area (Å²) in [6.07, 6.45) is 0. The molecule has 2 N–H and O–H groups in total. The van der Waals surface area contributed by atoms with Crippen molar-refractivity contribution in [1.29, 1.82) is 0 Å². The van der Waals surface area contributed by atoms with Gasteiger partial charge in [0.25, 0.3) is 0 Å². The molecule has 0 radical (unpaired) electrons. The number of nitrogens with two attached hydrogens (primary N) is 1. The molecule has 1 heterocycles. The fourth-order valence-corrected chi connectivity index (χ4v) is 2.69. The molecule has 0 aliphatic carbocycles. The summed E-state index contributed by atoms with van der Waals surface area (Å²) in [6, 6.07) is 5.32. The summed E-state index contributed by atoms with van der Waals surface area (Å²) in [5, 5.41) is 3.38. The van der Waals surface area contributed by atoms with Crippen molar-refractivity contribution in [1.82, 2.24) is 4.98 Å². The zero-order valence-electron chi connectivity index (χ0n) is 9.64. The predicted octanol–water partition coefficient (Wildman–Crippen LogP) is 3.32. The summed E-state index contributed by atoms with van der Waals surface area (Å²) in [5.41, 5.74) is 7.20. The largest absolute Gasteiger partial charge is 0.486 e. The van der Waals surface area contributed by atoms with Gasteiger partial charge in [0.2, 0.25) is 0 Å². The smallest absolute Gasteiger partial charge is 0.140 e. The van der Waals surface area contributed by atoms with E-state index in [2.05, 4.69) is 4.98 Å². The SMILES string of the molecule is Cc1csc(COc2cccc(Cl)c2C(N)=S)n1. The van der Waals surface area contributed by atoms with Crippen molar-refractivity contribution in [2.24, 2.45) is 5.73 Å². The molecule has 0 saturated carbocycles. The molecule has 3 nitrogen and oxygen atoms in total. The van der Waals surface area contributed by atoms with E-state index >= 15 is 0 Å². The van der Waals surface area contributed by atoms with Crippen LogP contribution in [0.15, 0.2) is 23.6 Å². The molecular formula is C12H11ClN2OS2. The Hall–Kier alpha value is -1.17. The van der Waals surface area contributed by atoms with E-state index in [9.17, 15) is 0 Å². The first-order chi connectivity index (χ1) is 8.58. The number of ether oxygens (including phenoxy) is 1. The number of hydrogen-bond donors (Lipinski definition) is 1. The van der Waals surface area contributed by atoms with Gasteiger partial charge < -0.3 is 10.5 Å². The Kier molecular flexibility index (Phi) is 4.16. The minimum atomic E-state index is 0.228. The van der Waals surface area contributed by atoms with Crippen molar-refractivity contribution >= 4 is 40.1 Å². The number of thiocarbonyl (C=S) groups is 1. The lowest BCUT2D eigenvalue weighted by Gasteiger charge is -2.10. The van der Waals surface area contributed by atoms with Gasteiger partial charge in [0.15, 0.2) is 0 Å². The maximum Gasteiger partial charge on any atom is 0.140 e. The molecule has 1 aromatic carbocycles. The average molecular weight is 299 g/mol. The van der Waals surface area contributed by atoms with Crippen molar-refractivity contribution in [2.75, 3.05) is 0 Å². The van der Waals surface area contributed by atoms with Crippen LogP contribution >= 0.6 is 35.2 Å². The molecule has 0 amide bonds. The molecule has 2 aromatic rings. The fourth-order valence-electron chi connectivity index (χ4n) is 1.47. The molecule has 1 aromatic heterocycles. The van der Waals surface area contributed by atoms with Gasteiger partial charge in [-0.15, -0.1) is 11.3 Å². The molecule has 2 rings (SSSR count). The van der Waals surface area contributed by atoms with Crippen molar-refractivity contribution in [2.45, 2.75) is 13.5 Å². The van der Waals surface area contributed by atoms with Crippen molar-refractivity contribution in [3.05, 3.63) is 44.9 Å². The molecular weight excluding hydrogens is 288 g/mol. The molecule has 0 saturated heterocycles. The lowest BCUT2D eigenvalue weighted by molar-refractivity contribution is 0.305. The third kappa shape index (κ3) is 2.98. The lowest BCUT2D eigenvalue weighted by atomic mass is 10.2. The number of halogens is 1. The van der Waals surface area contributed by atoms with Crippen LogP contribution in [0.25, 0.3) is 0 Å². The lowest BCUT2D eigenvalue weighted by Crippen LogP contribution is -2.12. The molecule has 0 atom stereocenters. The first-order valence-electron chi connectivity index (χ1n) is 5.20. The van der Waals surface area contributed by atoms with Gasteiger partial charge in [-0.1, -0.05) is 29.9 Å². The van der Waals surface area contributed by atoms with Crippen LogP contribution in [-0.4, -0.2) is 9.97 Å². The summed E-state index contributed by atoms with van der Waals surface area (Å²) in [5.74, 6) is 0.586. The molecule has 0 fully saturated rings. The van der Waals surface area contributed by atoms with Crippen LogP contribution in [0, 0.1) is 6.92 Å². The molecule has 6 heteroatoms. The number of hydrogen-bond acceptors (Lipinski definition) is 4. The number of nitrogens with zero attached hydrogens (tertiary/aromatic N) is 1. The Morgan fingerprint density at radius 1 is 1.56 bits per heavy atom. The Morgan fingerprint density at radius 2 is 2.33 bits per heavy atom. The van der Waals surface area contributed by atoms with Crippen LogP contribution in [-0.2, 0) is 6.61 Å². The second kappa shape index (κ2) is 5.65. The summed E-state index contributed by atoms with van der Waals surface area (Å²) in [7, 11) is 0. The number of benzene rings is 1. The van der Waals surface area contributed by atoms with Gasteiger partial charge in [0, 0.05) is 11.1 Å². The first kappa shape index (κ1) is 13.3. The van der Waals surface area contributed by atoms with Gasteiger partial charge >= 0.3 is 0 Å². The van der Waals surface area contributed by atoms with Crippen molar-refractivity contribution < 1.29 is 4.74 Å². The summed E-state index contributed by atoms with van der Waals surface area (Å²) >= 11 is 12.6. The van der Waals surface area contributed by atoms with Gasteiger partial charge in [-0.05, 0) is 19.1 Å². The van der Waals surface area contributed by atoms with Crippen LogP contribution in [0.5, 0.6) is 5.75 Å². The van der Waals surface area contributed by atoms with Gasteiger partial charge in [-0.2, -0.15) is 0 Å². The Bertz CT molecular complexity index is 583. The first-order valence-corrected chi connectivity index (χ1v) is 6.86. The Morgan fingerprint density at radius 3 is 2.94 bits per heavy atom. The van der Waals surface area contributed by atoms with Crippen LogP contribution < -0.4 is 10.5 Å². The molecule has 18 heavy (non-hydrogen) atoms. The Balaban J connectivity index is 2.19. The van der Waals surface area contributed by atoms with E-state index in [0.717, 1.165) is 10.7 Å². The highest BCUT2D eigenvalue weighted by atomic mass is 35.5. The average Bonchev–Trinajstić information content (AvgIpc) is 2.72. The second-order valence-electron chi connectivity index (χ2n) is 3.65. The second-order valence-corrected chi connectivity index (χ2v) is 5.44. The van der Waals surface area contributed by atoms with E-state index in [1.54, 1.807) is 29.5 Å². The number of aryl methyl sites for hydroxylation is 1. The highest BCUT2D eigenvalue weighted by Crippen LogP contribution is 2.27. The van der Waals surface area contributed by atoms with Crippen LogP contribution in [0.1, 0.15) is 16.3 Å². The normalized spacial score (nSPS) is 10.3. The van der Waals surface area contributed by atoms with Gasteiger partial charge in [0.1, 0.15) is 22.4 Å². The fraction of sp³-hybridized carbons (Fsp3) is 0.167. The summed E-state index contributed by atoms with van der Waals surface area (Å²) in [6.45, 7) is 2.33. The van der Waals surface area contributed by atoms with Crippen LogP contribution in [0.3, 0.4) is 0 Å². The zero-order chi connectivity index (χ0) is 13.1. The van der Waals surface area contributed by atoms with Gasteiger partial charge in [0.05, 0.1) is 10.6 Å². The van der Waals surface area contributed by atoms with Crippen LogP contribution in [0.4, 0.5) is 0 Å². The van der Waals surface area contributed by atoms with Gasteiger partial charge in [-0.3, -0.25) is 0 Å². The minimum absolute atomic E-state index is 0.228. The molecule has 0 bridgehead atoms. The Labute approximate surface area is 120 Å². The maximum atomic E-state index is 6.05. The molecule has 0 aliphatic heterocycles. The summed E-state index contributed by atoms with van der Waals surface area (Å²) in [4.78, 5) is 4.55. The highest BCUT2D eigenvalue weighted by molar-refractivity contribution is 7.80.